The Morgan fingerprint density at radius 1 is 1.00 bits per heavy atom. The second kappa shape index (κ2) is 8.13. The first-order valence-corrected chi connectivity index (χ1v) is 8.27. The maximum absolute atomic E-state index is 12.4. The first kappa shape index (κ1) is 18.1. The lowest BCUT2D eigenvalue weighted by Gasteiger charge is -2.07. The van der Waals surface area contributed by atoms with Crippen molar-refractivity contribution in [1.82, 2.24) is 15.0 Å². The lowest BCUT2D eigenvalue weighted by Crippen LogP contribution is -2.21. The van der Waals surface area contributed by atoms with Crippen LogP contribution in [-0.4, -0.2) is 33.9 Å². The van der Waals surface area contributed by atoms with Crippen LogP contribution in [0.4, 0.5) is 11.4 Å². The van der Waals surface area contributed by atoms with Gasteiger partial charge in [-0.25, -0.2) is 4.68 Å². The number of amides is 2. The summed E-state index contributed by atoms with van der Waals surface area (Å²) in [4.78, 5) is 24.6. The lowest BCUT2D eigenvalue weighted by atomic mass is 10.2. The molecule has 1 heterocycles. The van der Waals surface area contributed by atoms with Crippen molar-refractivity contribution in [3.05, 3.63) is 66.0 Å². The molecule has 8 nitrogen and oxygen atoms in total. The number of para-hydroxylation sites is 1. The highest BCUT2D eigenvalue weighted by Crippen LogP contribution is 2.16. The molecule has 0 bridgehead atoms. The average molecular weight is 365 g/mol. The zero-order valence-electron chi connectivity index (χ0n) is 15.0. The van der Waals surface area contributed by atoms with E-state index in [2.05, 4.69) is 20.9 Å². The van der Waals surface area contributed by atoms with E-state index in [4.69, 9.17) is 4.74 Å². The van der Waals surface area contributed by atoms with Gasteiger partial charge in [-0.1, -0.05) is 23.4 Å². The molecule has 8 heteroatoms. The fraction of sp³-hybridized carbons (Fsp3) is 0.158. The van der Waals surface area contributed by atoms with Gasteiger partial charge in [-0.2, -0.15) is 0 Å². The molecule has 138 valence electrons. The molecule has 0 atom stereocenters. The number of anilines is 2. The normalized spacial score (nSPS) is 10.3. The average Bonchev–Trinajstić information content (AvgIpc) is 3.03. The minimum absolute atomic E-state index is 0.0382. The summed E-state index contributed by atoms with van der Waals surface area (Å²) in [5.41, 5.74) is 1.97. The van der Waals surface area contributed by atoms with Crippen LogP contribution in [0.25, 0.3) is 0 Å². The number of rotatable bonds is 6. The third-order valence-electron chi connectivity index (χ3n) is 3.90. The number of carbonyl (C=O) groups is 2. The van der Waals surface area contributed by atoms with E-state index in [1.165, 1.54) is 4.68 Å². The molecule has 0 unspecified atom stereocenters. The summed E-state index contributed by atoms with van der Waals surface area (Å²) in [5.74, 6) is 0.0447. The van der Waals surface area contributed by atoms with E-state index in [9.17, 15) is 9.59 Å². The fourth-order valence-corrected chi connectivity index (χ4v) is 2.44. The van der Waals surface area contributed by atoms with Gasteiger partial charge in [0, 0.05) is 11.4 Å². The van der Waals surface area contributed by atoms with Crippen molar-refractivity contribution < 1.29 is 14.3 Å². The molecule has 0 saturated heterocycles. The molecule has 0 fully saturated rings. The SMILES string of the molecule is COc1ccc(NC(=O)c2nnn(CC(=O)Nc3ccccc3)c2C)cc1. The Labute approximate surface area is 156 Å². The van der Waals surface area contributed by atoms with Crippen LogP contribution in [0.5, 0.6) is 5.75 Å². The van der Waals surface area contributed by atoms with Gasteiger partial charge < -0.3 is 15.4 Å². The summed E-state index contributed by atoms with van der Waals surface area (Å²) in [6, 6.07) is 16.1. The Morgan fingerprint density at radius 2 is 1.67 bits per heavy atom. The number of nitrogens with one attached hydrogen (secondary N) is 2. The molecule has 0 aliphatic heterocycles. The van der Waals surface area contributed by atoms with Crippen molar-refractivity contribution in [3.63, 3.8) is 0 Å². The maximum Gasteiger partial charge on any atom is 0.278 e. The maximum atomic E-state index is 12.4. The standard InChI is InChI=1S/C19H19N5O3/c1-13-18(19(26)21-15-8-10-16(27-2)11-9-15)22-23-24(13)12-17(25)20-14-6-4-3-5-7-14/h3-11H,12H2,1-2H3,(H,20,25)(H,21,26). The molecule has 2 amide bonds. The van der Waals surface area contributed by atoms with E-state index in [1.807, 2.05) is 18.2 Å². The van der Waals surface area contributed by atoms with Gasteiger partial charge in [0.2, 0.25) is 5.91 Å². The van der Waals surface area contributed by atoms with Crippen molar-refractivity contribution in [2.24, 2.45) is 0 Å². The zero-order chi connectivity index (χ0) is 19.2. The van der Waals surface area contributed by atoms with Crippen molar-refractivity contribution in [2.45, 2.75) is 13.5 Å². The smallest absolute Gasteiger partial charge is 0.278 e. The van der Waals surface area contributed by atoms with Gasteiger partial charge in [0.15, 0.2) is 5.69 Å². The van der Waals surface area contributed by atoms with Crippen LogP contribution < -0.4 is 15.4 Å². The monoisotopic (exact) mass is 365 g/mol. The first-order valence-electron chi connectivity index (χ1n) is 8.27. The van der Waals surface area contributed by atoms with E-state index in [0.717, 1.165) is 0 Å². The molecule has 2 aromatic carbocycles. The second-order valence-electron chi connectivity index (χ2n) is 5.78. The van der Waals surface area contributed by atoms with Gasteiger partial charge in [0.25, 0.3) is 5.91 Å². The third-order valence-corrected chi connectivity index (χ3v) is 3.90. The Hall–Kier alpha value is -3.68. The molecule has 3 rings (SSSR count). The largest absolute Gasteiger partial charge is 0.497 e. The number of methoxy groups -OCH3 is 1. The summed E-state index contributed by atoms with van der Waals surface area (Å²) in [7, 11) is 1.57. The fourth-order valence-electron chi connectivity index (χ4n) is 2.44. The predicted octanol–water partition coefficient (Wildman–Crippen LogP) is 2.49. The minimum Gasteiger partial charge on any atom is -0.497 e. The molecule has 0 spiro atoms. The number of carbonyl (C=O) groups excluding carboxylic acids is 2. The van der Waals surface area contributed by atoms with Crippen LogP contribution in [0.2, 0.25) is 0 Å². The van der Waals surface area contributed by atoms with E-state index < -0.39 is 5.91 Å². The highest BCUT2D eigenvalue weighted by Gasteiger charge is 2.18. The number of benzene rings is 2. The molecule has 27 heavy (non-hydrogen) atoms. The summed E-state index contributed by atoms with van der Waals surface area (Å²) in [6.45, 7) is 1.66. The minimum atomic E-state index is -0.396. The topological polar surface area (TPSA) is 98.1 Å². The lowest BCUT2D eigenvalue weighted by molar-refractivity contribution is -0.117. The van der Waals surface area contributed by atoms with E-state index in [-0.39, 0.29) is 18.1 Å². The van der Waals surface area contributed by atoms with Gasteiger partial charge in [0.05, 0.1) is 12.8 Å². The third kappa shape index (κ3) is 4.49. The quantitative estimate of drug-likeness (QED) is 0.699. The summed E-state index contributed by atoms with van der Waals surface area (Å²) >= 11 is 0. The molecule has 0 aliphatic carbocycles. The summed E-state index contributed by atoms with van der Waals surface area (Å²) in [5, 5.41) is 13.3. The van der Waals surface area contributed by atoms with Crippen molar-refractivity contribution in [2.75, 3.05) is 17.7 Å². The van der Waals surface area contributed by atoms with Crippen LogP contribution >= 0.6 is 0 Å². The molecule has 0 aliphatic rings. The van der Waals surface area contributed by atoms with Gasteiger partial charge in [-0.15, -0.1) is 5.10 Å². The van der Waals surface area contributed by atoms with E-state index in [0.29, 0.717) is 22.8 Å². The van der Waals surface area contributed by atoms with Crippen molar-refractivity contribution in [1.29, 1.82) is 0 Å². The number of hydrogen-bond acceptors (Lipinski definition) is 5. The Kier molecular flexibility index (Phi) is 5.46. The van der Waals surface area contributed by atoms with Gasteiger partial charge in [0.1, 0.15) is 12.3 Å². The van der Waals surface area contributed by atoms with E-state index in [1.54, 1.807) is 50.4 Å². The van der Waals surface area contributed by atoms with Crippen LogP contribution in [0.1, 0.15) is 16.2 Å². The van der Waals surface area contributed by atoms with Gasteiger partial charge in [-0.3, -0.25) is 9.59 Å². The zero-order valence-corrected chi connectivity index (χ0v) is 15.0. The van der Waals surface area contributed by atoms with Crippen LogP contribution in [-0.2, 0) is 11.3 Å². The van der Waals surface area contributed by atoms with Crippen LogP contribution in [0.3, 0.4) is 0 Å². The molecular weight excluding hydrogens is 346 g/mol. The Morgan fingerprint density at radius 3 is 2.33 bits per heavy atom. The number of ether oxygens (including phenoxy) is 1. The Bertz CT molecular complexity index is 936. The summed E-state index contributed by atoms with van der Waals surface area (Å²) in [6.07, 6.45) is 0. The molecule has 3 aromatic rings. The van der Waals surface area contributed by atoms with Crippen molar-refractivity contribution in [3.8, 4) is 5.75 Å². The highest BCUT2D eigenvalue weighted by atomic mass is 16.5. The van der Waals surface area contributed by atoms with Crippen LogP contribution in [0.15, 0.2) is 54.6 Å². The molecule has 0 saturated carbocycles. The number of nitrogens with zero attached hydrogens (tertiary/aromatic N) is 3. The first-order chi connectivity index (χ1) is 13.1. The van der Waals surface area contributed by atoms with Crippen LogP contribution in [0, 0.1) is 6.92 Å². The molecule has 0 radical (unpaired) electrons. The predicted molar refractivity (Wildman–Crippen MR) is 101 cm³/mol. The highest BCUT2D eigenvalue weighted by molar-refractivity contribution is 6.03. The Balaban J connectivity index is 1.65. The molecular formula is C19H19N5O3. The van der Waals surface area contributed by atoms with E-state index >= 15 is 0 Å². The molecule has 2 N–H and O–H groups in total. The van der Waals surface area contributed by atoms with Gasteiger partial charge >= 0.3 is 0 Å². The van der Waals surface area contributed by atoms with Gasteiger partial charge in [-0.05, 0) is 43.3 Å². The van der Waals surface area contributed by atoms with Crippen molar-refractivity contribution >= 4 is 23.2 Å². The number of hydrogen-bond donors (Lipinski definition) is 2. The summed E-state index contributed by atoms with van der Waals surface area (Å²) < 4.78 is 6.47. The second-order valence-corrected chi connectivity index (χ2v) is 5.78. The number of aromatic nitrogens is 3. The molecule has 1 aromatic heterocycles.